The molecule has 20 heavy (non-hydrogen) atoms. The Morgan fingerprint density at radius 2 is 1.95 bits per heavy atom. The molecule has 3 nitrogen and oxygen atoms in total. The minimum Gasteiger partial charge on any atom is -0.496 e. The summed E-state index contributed by atoms with van der Waals surface area (Å²) in [6.45, 7) is 0. The maximum absolute atomic E-state index is 13.9. The van der Waals surface area contributed by atoms with E-state index < -0.39 is 29.3 Å². The summed E-state index contributed by atoms with van der Waals surface area (Å²) in [6, 6.07) is 2.29. The average molecular weight is 294 g/mol. The third-order valence-electron chi connectivity index (χ3n) is 2.77. The van der Waals surface area contributed by atoms with Crippen LogP contribution in [-0.2, 0) is 17.4 Å². The van der Waals surface area contributed by atoms with Gasteiger partial charge in [-0.2, -0.15) is 13.2 Å². The van der Waals surface area contributed by atoms with Crippen molar-refractivity contribution in [2.24, 2.45) is 0 Å². The molecule has 0 saturated carbocycles. The molecule has 0 atom stereocenters. The number of methoxy groups -OCH3 is 1. The predicted octanol–water partition coefficient (Wildman–Crippen LogP) is 3.65. The molecule has 1 N–H and O–H groups in total. The number of aliphatic carboxylic acids is 1. The fraction of sp³-hybridized carbons (Fsp3) is 0.462. The van der Waals surface area contributed by atoms with Gasteiger partial charge in [-0.1, -0.05) is 6.07 Å². The van der Waals surface area contributed by atoms with Gasteiger partial charge in [0.25, 0.3) is 0 Å². The molecule has 0 heterocycles. The lowest BCUT2D eigenvalue weighted by atomic mass is 10.0. The molecule has 0 aliphatic rings. The summed E-state index contributed by atoms with van der Waals surface area (Å²) in [5, 5.41) is 8.44. The number of hydrogen-bond donors (Lipinski definition) is 1. The van der Waals surface area contributed by atoms with E-state index in [-0.39, 0.29) is 24.8 Å². The standard InChI is InChI=1S/C13H14F4O3/c1-20-9-7-6-8(4-2-3-5-10(18)19)12(14)11(9)13(15,16)17/h6-7H,2-5H2,1H3,(H,18,19). The van der Waals surface area contributed by atoms with Gasteiger partial charge in [0.05, 0.1) is 7.11 Å². The molecule has 1 aromatic carbocycles. The van der Waals surface area contributed by atoms with E-state index in [4.69, 9.17) is 5.11 Å². The molecule has 0 radical (unpaired) electrons. The lowest BCUT2D eigenvalue weighted by Gasteiger charge is -2.15. The minimum atomic E-state index is -4.84. The van der Waals surface area contributed by atoms with Crippen molar-refractivity contribution in [2.75, 3.05) is 7.11 Å². The van der Waals surface area contributed by atoms with Gasteiger partial charge >= 0.3 is 12.1 Å². The number of alkyl halides is 3. The van der Waals surface area contributed by atoms with Gasteiger partial charge in [-0.3, -0.25) is 4.79 Å². The zero-order valence-electron chi connectivity index (χ0n) is 10.8. The smallest absolute Gasteiger partial charge is 0.422 e. The molecule has 1 rings (SSSR count). The Labute approximate surface area is 113 Å². The van der Waals surface area contributed by atoms with Crippen LogP contribution in [0, 0.1) is 5.82 Å². The Hall–Kier alpha value is -1.79. The fourth-order valence-corrected chi connectivity index (χ4v) is 1.82. The van der Waals surface area contributed by atoms with Crippen molar-refractivity contribution in [3.05, 3.63) is 29.1 Å². The first-order valence-electron chi connectivity index (χ1n) is 5.91. The number of hydrogen-bond acceptors (Lipinski definition) is 2. The van der Waals surface area contributed by atoms with Crippen LogP contribution >= 0.6 is 0 Å². The number of carboxylic acids is 1. The Morgan fingerprint density at radius 3 is 2.45 bits per heavy atom. The van der Waals surface area contributed by atoms with Crippen molar-refractivity contribution < 1.29 is 32.2 Å². The van der Waals surface area contributed by atoms with Crippen LogP contribution in [0.3, 0.4) is 0 Å². The van der Waals surface area contributed by atoms with Gasteiger partial charge in [-0.05, 0) is 30.9 Å². The van der Waals surface area contributed by atoms with Gasteiger partial charge in [0, 0.05) is 6.42 Å². The SMILES string of the molecule is COc1ccc(CCCCC(=O)O)c(F)c1C(F)(F)F. The van der Waals surface area contributed by atoms with E-state index in [9.17, 15) is 22.4 Å². The molecule has 0 amide bonds. The fourth-order valence-electron chi connectivity index (χ4n) is 1.82. The molecule has 112 valence electrons. The van der Waals surface area contributed by atoms with Crippen molar-refractivity contribution in [2.45, 2.75) is 31.9 Å². The van der Waals surface area contributed by atoms with Gasteiger partial charge in [0.1, 0.15) is 17.1 Å². The molecular weight excluding hydrogens is 280 g/mol. The van der Waals surface area contributed by atoms with E-state index in [1.54, 1.807) is 0 Å². The van der Waals surface area contributed by atoms with Gasteiger partial charge in [-0.15, -0.1) is 0 Å². The monoisotopic (exact) mass is 294 g/mol. The lowest BCUT2D eigenvalue weighted by Crippen LogP contribution is -2.12. The summed E-state index contributed by atoms with van der Waals surface area (Å²) < 4.78 is 56.7. The van der Waals surface area contributed by atoms with Crippen LogP contribution in [0.25, 0.3) is 0 Å². The van der Waals surface area contributed by atoms with Crippen LogP contribution in [0.15, 0.2) is 12.1 Å². The summed E-state index contributed by atoms with van der Waals surface area (Å²) >= 11 is 0. The Kier molecular flexibility index (Phi) is 5.35. The van der Waals surface area contributed by atoms with Crippen molar-refractivity contribution in [1.29, 1.82) is 0 Å². The van der Waals surface area contributed by atoms with Gasteiger partial charge in [0.2, 0.25) is 0 Å². The summed E-state index contributed by atoms with van der Waals surface area (Å²) in [4.78, 5) is 10.3. The van der Waals surface area contributed by atoms with Crippen molar-refractivity contribution >= 4 is 5.97 Å². The normalized spacial score (nSPS) is 11.4. The minimum absolute atomic E-state index is 0.0478. The second-order valence-corrected chi connectivity index (χ2v) is 4.21. The molecule has 0 fully saturated rings. The summed E-state index contributed by atoms with van der Waals surface area (Å²) in [5.74, 6) is -2.91. The zero-order chi connectivity index (χ0) is 15.3. The van der Waals surface area contributed by atoms with Crippen molar-refractivity contribution in [3.8, 4) is 5.75 Å². The number of halogens is 4. The first-order valence-corrected chi connectivity index (χ1v) is 5.91. The number of carbonyl (C=O) groups is 1. The third-order valence-corrected chi connectivity index (χ3v) is 2.77. The molecule has 0 aromatic heterocycles. The highest BCUT2D eigenvalue weighted by atomic mass is 19.4. The van der Waals surface area contributed by atoms with E-state index in [0.29, 0.717) is 6.42 Å². The van der Waals surface area contributed by atoms with Crippen LogP contribution in [-0.4, -0.2) is 18.2 Å². The highest BCUT2D eigenvalue weighted by Crippen LogP contribution is 2.39. The van der Waals surface area contributed by atoms with Gasteiger partial charge in [0.15, 0.2) is 0 Å². The average Bonchev–Trinajstić information content (AvgIpc) is 2.33. The Balaban J connectivity index is 2.91. The van der Waals surface area contributed by atoms with Crippen LogP contribution in [0.5, 0.6) is 5.75 Å². The van der Waals surface area contributed by atoms with Crippen LogP contribution < -0.4 is 4.74 Å². The van der Waals surface area contributed by atoms with Crippen molar-refractivity contribution in [1.82, 2.24) is 0 Å². The van der Waals surface area contributed by atoms with E-state index >= 15 is 0 Å². The van der Waals surface area contributed by atoms with Gasteiger partial charge in [-0.25, -0.2) is 4.39 Å². The number of unbranched alkanes of at least 4 members (excludes halogenated alkanes) is 1. The van der Waals surface area contributed by atoms with Crippen LogP contribution in [0.1, 0.15) is 30.4 Å². The molecule has 0 bridgehead atoms. The second kappa shape index (κ2) is 6.58. The number of ether oxygens (including phenoxy) is 1. The van der Waals surface area contributed by atoms with Crippen LogP contribution in [0.2, 0.25) is 0 Å². The van der Waals surface area contributed by atoms with E-state index in [0.717, 1.165) is 13.2 Å². The van der Waals surface area contributed by atoms with E-state index in [1.807, 2.05) is 0 Å². The first kappa shape index (κ1) is 16.3. The predicted molar refractivity (Wildman–Crippen MR) is 63.1 cm³/mol. The second-order valence-electron chi connectivity index (χ2n) is 4.21. The highest BCUT2D eigenvalue weighted by Gasteiger charge is 2.38. The molecule has 0 aliphatic heterocycles. The maximum atomic E-state index is 13.9. The van der Waals surface area contributed by atoms with Gasteiger partial charge < -0.3 is 9.84 Å². The lowest BCUT2D eigenvalue weighted by molar-refractivity contribution is -0.141. The van der Waals surface area contributed by atoms with E-state index in [1.165, 1.54) is 6.07 Å². The number of aryl methyl sites for hydroxylation is 1. The largest absolute Gasteiger partial charge is 0.496 e. The molecule has 7 heteroatoms. The van der Waals surface area contributed by atoms with Crippen molar-refractivity contribution in [3.63, 3.8) is 0 Å². The highest BCUT2D eigenvalue weighted by molar-refractivity contribution is 5.66. The zero-order valence-corrected chi connectivity index (χ0v) is 10.8. The number of rotatable bonds is 6. The molecule has 1 aromatic rings. The van der Waals surface area contributed by atoms with E-state index in [2.05, 4.69) is 4.74 Å². The molecule has 0 saturated heterocycles. The number of carboxylic acid groups (broad SMARTS) is 1. The molecular formula is C13H14F4O3. The maximum Gasteiger partial charge on any atom is 0.422 e. The Bertz CT molecular complexity index is 483. The van der Waals surface area contributed by atoms with Crippen LogP contribution in [0.4, 0.5) is 17.6 Å². The molecule has 0 aliphatic carbocycles. The molecule has 0 unspecified atom stereocenters. The first-order chi connectivity index (χ1) is 9.27. The summed E-state index contributed by atoms with van der Waals surface area (Å²) in [6.07, 6.45) is -4.31. The third kappa shape index (κ3) is 4.11. The molecule has 0 spiro atoms. The quantitative estimate of drug-likeness (QED) is 0.643. The topological polar surface area (TPSA) is 46.5 Å². The summed E-state index contributed by atoms with van der Waals surface area (Å²) in [7, 11) is 1.04. The number of benzene rings is 1. The Morgan fingerprint density at radius 1 is 1.30 bits per heavy atom. The summed E-state index contributed by atoms with van der Waals surface area (Å²) in [5.41, 5.74) is -1.51.